The van der Waals surface area contributed by atoms with Gasteiger partial charge in [0.25, 0.3) is 5.91 Å². The van der Waals surface area contributed by atoms with Crippen LogP contribution in [0.4, 0.5) is 5.69 Å². The third-order valence-electron chi connectivity index (χ3n) is 3.43. The van der Waals surface area contributed by atoms with Crippen LogP contribution in [0.3, 0.4) is 0 Å². The van der Waals surface area contributed by atoms with E-state index in [1.54, 1.807) is 18.3 Å². The number of benzene rings is 1. The molecule has 2 amide bonds. The zero-order valence-electron chi connectivity index (χ0n) is 15.1. The lowest BCUT2D eigenvalue weighted by Gasteiger charge is -2.08. The number of aromatic nitrogens is 2. The first-order valence-corrected chi connectivity index (χ1v) is 10.4. The Kier molecular flexibility index (Phi) is 8.53. The smallest absolute Gasteiger partial charge is 0.271 e. The Hall–Kier alpha value is -2.13. The number of nitrogens with one attached hydrogen (secondary N) is 2. The zero-order chi connectivity index (χ0) is 19.6. The fourth-order valence-corrected chi connectivity index (χ4v) is 2.88. The van der Waals surface area contributed by atoms with Gasteiger partial charge in [0.05, 0.1) is 11.1 Å². The second kappa shape index (κ2) is 10.9. The van der Waals surface area contributed by atoms with E-state index in [-0.39, 0.29) is 17.5 Å². The van der Waals surface area contributed by atoms with E-state index < -0.39 is 0 Å². The van der Waals surface area contributed by atoms with Crippen LogP contribution in [0.25, 0.3) is 0 Å². The van der Waals surface area contributed by atoms with Crippen molar-refractivity contribution in [1.29, 1.82) is 0 Å². The third kappa shape index (κ3) is 6.84. The highest BCUT2D eigenvalue weighted by Gasteiger charge is 2.13. The molecule has 144 valence electrons. The molecule has 1 aromatic heterocycles. The van der Waals surface area contributed by atoms with Gasteiger partial charge in [0.2, 0.25) is 5.91 Å². The molecule has 2 N–H and O–H groups in total. The SMILES string of the molecule is CCOc1ccc(NC(=O)CCCNC(=O)c2nc(SC)ncc2Br)cc1. The molecule has 0 bridgehead atoms. The van der Waals surface area contributed by atoms with Crippen LogP contribution in [0.5, 0.6) is 5.75 Å². The van der Waals surface area contributed by atoms with Crippen molar-refractivity contribution in [3.8, 4) is 5.75 Å². The Bertz CT molecular complexity index is 787. The first-order valence-electron chi connectivity index (χ1n) is 8.41. The van der Waals surface area contributed by atoms with Crippen molar-refractivity contribution in [2.75, 3.05) is 24.7 Å². The van der Waals surface area contributed by atoms with Gasteiger partial charge in [0.1, 0.15) is 11.4 Å². The molecule has 0 saturated carbocycles. The fraction of sp³-hybridized carbons (Fsp3) is 0.333. The van der Waals surface area contributed by atoms with E-state index in [0.29, 0.717) is 41.3 Å². The average Bonchev–Trinajstić information content (AvgIpc) is 2.67. The molecule has 0 aliphatic rings. The van der Waals surface area contributed by atoms with E-state index >= 15 is 0 Å². The maximum absolute atomic E-state index is 12.2. The quantitative estimate of drug-likeness (QED) is 0.343. The minimum atomic E-state index is -0.300. The molecule has 9 heteroatoms. The van der Waals surface area contributed by atoms with Gasteiger partial charge < -0.3 is 15.4 Å². The van der Waals surface area contributed by atoms with Crippen molar-refractivity contribution in [2.45, 2.75) is 24.9 Å². The van der Waals surface area contributed by atoms with Gasteiger partial charge in [0, 0.05) is 24.8 Å². The largest absolute Gasteiger partial charge is 0.494 e. The number of carbonyl (C=O) groups excluding carboxylic acids is 2. The molecule has 1 aromatic carbocycles. The Labute approximate surface area is 170 Å². The lowest BCUT2D eigenvalue weighted by molar-refractivity contribution is -0.116. The molecule has 0 fully saturated rings. The molecule has 0 aliphatic heterocycles. The molecule has 7 nitrogen and oxygen atoms in total. The van der Waals surface area contributed by atoms with Crippen LogP contribution in [0.1, 0.15) is 30.3 Å². The normalized spacial score (nSPS) is 10.3. The molecule has 0 atom stereocenters. The van der Waals surface area contributed by atoms with Gasteiger partial charge in [-0.2, -0.15) is 0 Å². The topological polar surface area (TPSA) is 93.2 Å². The maximum atomic E-state index is 12.2. The second-order valence-corrected chi connectivity index (χ2v) is 7.05. The first-order chi connectivity index (χ1) is 13.0. The highest BCUT2D eigenvalue weighted by atomic mass is 79.9. The molecule has 0 aliphatic carbocycles. The number of halogens is 1. The number of nitrogens with zero attached hydrogens (tertiary/aromatic N) is 2. The fourth-order valence-electron chi connectivity index (χ4n) is 2.17. The lowest BCUT2D eigenvalue weighted by Crippen LogP contribution is -2.27. The summed E-state index contributed by atoms with van der Waals surface area (Å²) in [6.45, 7) is 2.89. The molecule has 0 unspecified atom stereocenters. The highest BCUT2D eigenvalue weighted by molar-refractivity contribution is 9.10. The summed E-state index contributed by atoms with van der Waals surface area (Å²) in [5.74, 6) is 0.353. The number of hydrogen-bond donors (Lipinski definition) is 2. The number of rotatable bonds is 9. The molecule has 0 spiro atoms. The summed E-state index contributed by atoms with van der Waals surface area (Å²) < 4.78 is 5.89. The number of amides is 2. The molecule has 0 saturated heterocycles. The summed E-state index contributed by atoms with van der Waals surface area (Å²) in [5, 5.41) is 6.11. The van der Waals surface area contributed by atoms with Gasteiger partial charge in [0.15, 0.2) is 5.16 Å². The summed E-state index contributed by atoms with van der Waals surface area (Å²) in [4.78, 5) is 32.5. The van der Waals surface area contributed by atoms with E-state index in [2.05, 4.69) is 36.5 Å². The van der Waals surface area contributed by atoms with Crippen LogP contribution in [-0.2, 0) is 4.79 Å². The lowest BCUT2D eigenvalue weighted by atomic mass is 10.2. The Morgan fingerprint density at radius 3 is 2.67 bits per heavy atom. The number of thioether (sulfide) groups is 1. The molecular weight excluding hydrogens is 432 g/mol. The van der Waals surface area contributed by atoms with Gasteiger partial charge in [-0.15, -0.1) is 0 Å². The van der Waals surface area contributed by atoms with Crippen LogP contribution >= 0.6 is 27.7 Å². The number of ether oxygens (including phenoxy) is 1. The van der Waals surface area contributed by atoms with Gasteiger partial charge >= 0.3 is 0 Å². The Morgan fingerprint density at radius 1 is 1.26 bits per heavy atom. The van der Waals surface area contributed by atoms with Gasteiger partial charge in [-0.1, -0.05) is 11.8 Å². The third-order valence-corrected chi connectivity index (χ3v) is 4.58. The van der Waals surface area contributed by atoms with Crippen LogP contribution in [0, 0.1) is 0 Å². The Morgan fingerprint density at radius 2 is 2.00 bits per heavy atom. The minimum Gasteiger partial charge on any atom is -0.494 e. The Balaban J connectivity index is 1.74. The van der Waals surface area contributed by atoms with E-state index in [0.717, 1.165) is 5.75 Å². The van der Waals surface area contributed by atoms with Gasteiger partial charge in [-0.3, -0.25) is 9.59 Å². The number of carbonyl (C=O) groups is 2. The molecule has 2 aromatic rings. The van der Waals surface area contributed by atoms with Crippen molar-refractivity contribution < 1.29 is 14.3 Å². The second-order valence-electron chi connectivity index (χ2n) is 5.42. The average molecular weight is 453 g/mol. The maximum Gasteiger partial charge on any atom is 0.271 e. The van der Waals surface area contributed by atoms with Crippen molar-refractivity contribution in [3.63, 3.8) is 0 Å². The van der Waals surface area contributed by atoms with E-state index in [9.17, 15) is 9.59 Å². The van der Waals surface area contributed by atoms with E-state index in [1.807, 2.05) is 25.3 Å². The molecule has 2 rings (SSSR count). The van der Waals surface area contributed by atoms with Crippen LogP contribution < -0.4 is 15.4 Å². The molecule has 1 heterocycles. The van der Waals surface area contributed by atoms with E-state index in [4.69, 9.17) is 4.74 Å². The monoisotopic (exact) mass is 452 g/mol. The summed E-state index contributed by atoms with van der Waals surface area (Å²) >= 11 is 4.64. The van der Waals surface area contributed by atoms with Crippen LogP contribution in [0.15, 0.2) is 40.1 Å². The zero-order valence-corrected chi connectivity index (χ0v) is 17.5. The minimum absolute atomic E-state index is 0.110. The molecule has 27 heavy (non-hydrogen) atoms. The van der Waals surface area contributed by atoms with E-state index in [1.165, 1.54) is 11.8 Å². The van der Waals surface area contributed by atoms with Gasteiger partial charge in [-0.05, 0) is 59.8 Å². The highest BCUT2D eigenvalue weighted by Crippen LogP contribution is 2.17. The van der Waals surface area contributed by atoms with Crippen LogP contribution in [-0.4, -0.2) is 41.2 Å². The predicted molar refractivity (Wildman–Crippen MR) is 109 cm³/mol. The number of hydrogen-bond acceptors (Lipinski definition) is 6. The van der Waals surface area contributed by atoms with Crippen molar-refractivity contribution >= 4 is 45.2 Å². The molecular formula is C18H21BrN4O3S. The number of anilines is 1. The standard InChI is InChI=1S/C18H21BrN4O3S/c1-3-26-13-8-6-12(7-9-13)22-15(24)5-4-10-20-17(25)16-14(19)11-21-18(23-16)27-2/h6-9,11H,3-5,10H2,1-2H3,(H,20,25)(H,22,24). The van der Waals surface area contributed by atoms with Gasteiger partial charge in [-0.25, -0.2) is 9.97 Å². The summed E-state index contributed by atoms with van der Waals surface area (Å²) in [6.07, 6.45) is 4.22. The van der Waals surface area contributed by atoms with Crippen LogP contribution in [0.2, 0.25) is 0 Å². The van der Waals surface area contributed by atoms with Crippen molar-refractivity contribution in [3.05, 3.63) is 40.6 Å². The summed E-state index contributed by atoms with van der Waals surface area (Å²) in [7, 11) is 0. The first kappa shape index (κ1) is 21.2. The molecule has 0 radical (unpaired) electrons. The van der Waals surface area contributed by atoms with Crippen molar-refractivity contribution in [2.24, 2.45) is 0 Å². The summed E-state index contributed by atoms with van der Waals surface area (Å²) in [5.41, 5.74) is 0.996. The summed E-state index contributed by atoms with van der Waals surface area (Å²) in [6, 6.07) is 7.20. The predicted octanol–water partition coefficient (Wildman–Crippen LogP) is 3.51. The van der Waals surface area contributed by atoms with Crippen molar-refractivity contribution in [1.82, 2.24) is 15.3 Å².